The van der Waals surface area contributed by atoms with Crippen LogP contribution in [0.25, 0.3) is 11.3 Å². The van der Waals surface area contributed by atoms with Gasteiger partial charge in [0.2, 0.25) is 0 Å². The summed E-state index contributed by atoms with van der Waals surface area (Å²) in [6.07, 6.45) is 1.84. The van der Waals surface area contributed by atoms with Gasteiger partial charge in [0.1, 0.15) is 11.6 Å². The summed E-state index contributed by atoms with van der Waals surface area (Å²) in [6.45, 7) is 6.29. The van der Waals surface area contributed by atoms with Gasteiger partial charge in [-0.15, -0.1) is 0 Å². The molecule has 0 aliphatic carbocycles. The van der Waals surface area contributed by atoms with Gasteiger partial charge in [-0.05, 0) is 30.5 Å². The summed E-state index contributed by atoms with van der Waals surface area (Å²) in [6, 6.07) is 6.32. The van der Waals surface area contributed by atoms with Gasteiger partial charge in [0.25, 0.3) is 0 Å². The average molecular weight is 230 g/mol. The second kappa shape index (κ2) is 4.62. The molecule has 0 aliphatic rings. The minimum Gasteiger partial charge on any atom is -0.496 e. The smallest absolute Gasteiger partial charge is 0.128 e. The van der Waals surface area contributed by atoms with E-state index in [1.54, 1.807) is 7.11 Å². The van der Waals surface area contributed by atoms with Crippen molar-refractivity contribution >= 4 is 0 Å². The third kappa shape index (κ3) is 2.33. The number of nitrogens with zero attached hydrogens (tertiary/aromatic N) is 1. The van der Waals surface area contributed by atoms with E-state index in [9.17, 15) is 0 Å². The van der Waals surface area contributed by atoms with Crippen molar-refractivity contribution in [1.29, 1.82) is 0 Å². The molecule has 2 aromatic rings. The number of nitrogens with one attached hydrogen (secondary N) is 1. The maximum Gasteiger partial charge on any atom is 0.128 e. The van der Waals surface area contributed by atoms with Crippen molar-refractivity contribution in [3.05, 3.63) is 35.8 Å². The minimum absolute atomic E-state index is 0.501. The Bertz CT molecular complexity index is 515. The zero-order valence-corrected chi connectivity index (χ0v) is 10.7. The third-order valence-electron chi connectivity index (χ3n) is 2.89. The van der Waals surface area contributed by atoms with Crippen LogP contribution in [0.3, 0.4) is 0 Å². The van der Waals surface area contributed by atoms with Gasteiger partial charge < -0.3 is 9.72 Å². The Labute approximate surface area is 102 Å². The number of benzene rings is 1. The van der Waals surface area contributed by atoms with Crippen LogP contribution in [0.5, 0.6) is 5.75 Å². The van der Waals surface area contributed by atoms with Crippen molar-refractivity contribution in [3.8, 4) is 17.0 Å². The highest BCUT2D eigenvalue weighted by Crippen LogP contribution is 2.31. The summed E-state index contributed by atoms with van der Waals surface area (Å²) in [4.78, 5) is 7.44. The first kappa shape index (κ1) is 11.7. The van der Waals surface area contributed by atoms with Crippen molar-refractivity contribution in [2.24, 2.45) is 0 Å². The van der Waals surface area contributed by atoms with Gasteiger partial charge >= 0.3 is 0 Å². The maximum absolute atomic E-state index is 5.45. The fourth-order valence-electron chi connectivity index (χ4n) is 1.85. The predicted octanol–water partition coefficient (Wildman–Crippen LogP) is 3.52. The molecule has 1 N–H and O–H groups in total. The fraction of sp³-hybridized carbons (Fsp3) is 0.357. The number of aromatic amines is 1. The SMILES string of the molecule is COc1cc(C(C)C)ccc1-c1cnc(C)[nH]1. The normalized spacial score (nSPS) is 10.9. The number of aromatic nitrogens is 2. The topological polar surface area (TPSA) is 37.9 Å². The van der Waals surface area contributed by atoms with E-state index >= 15 is 0 Å². The molecule has 0 atom stereocenters. The van der Waals surface area contributed by atoms with Crippen LogP contribution in [-0.4, -0.2) is 17.1 Å². The molecule has 2 rings (SSSR count). The first-order valence-electron chi connectivity index (χ1n) is 5.81. The summed E-state index contributed by atoms with van der Waals surface area (Å²) in [5, 5.41) is 0. The number of rotatable bonds is 3. The largest absolute Gasteiger partial charge is 0.496 e. The van der Waals surface area contributed by atoms with Gasteiger partial charge in [-0.3, -0.25) is 0 Å². The van der Waals surface area contributed by atoms with Crippen LogP contribution in [0.4, 0.5) is 0 Å². The lowest BCUT2D eigenvalue weighted by molar-refractivity contribution is 0.415. The molecule has 17 heavy (non-hydrogen) atoms. The Morgan fingerprint density at radius 2 is 2.06 bits per heavy atom. The number of ether oxygens (including phenoxy) is 1. The zero-order valence-electron chi connectivity index (χ0n) is 10.7. The van der Waals surface area contributed by atoms with Crippen LogP contribution in [0.1, 0.15) is 31.2 Å². The Morgan fingerprint density at radius 3 is 2.59 bits per heavy atom. The van der Waals surface area contributed by atoms with Crippen LogP contribution in [-0.2, 0) is 0 Å². The lowest BCUT2D eigenvalue weighted by Crippen LogP contribution is -1.93. The fourth-order valence-corrected chi connectivity index (χ4v) is 1.85. The molecule has 0 spiro atoms. The molecule has 0 unspecified atom stereocenters. The Morgan fingerprint density at radius 1 is 1.29 bits per heavy atom. The summed E-state index contributed by atoms with van der Waals surface area (Å²) in [5.41, 5.74) is 3.33. The highest BCUT2D eigenvalue weighted by atomic mass is 16.5. The minimum atomic E-state index is 0.501. The lowest BCUT2D eigenvalue weighted by atomic mass is 10.00. The zero-order chi connectivity index (χ0) is 12.4. The second-order valence-electron chi connectivity index (χ2n) is 4.50. The van der Waals surface area contributed by atoms with E-state index in [-0.39, 0.29) is 0 Å². The molecule has 0 amide bonds. The predicted molar refractivity (Wildman–Crippen MR) is 69.4 cm³/mol. The van der Waals surface area contributed by atoms with E-state index in [1.807, 2.05) is 13.1 Å². The number of hydrogen-bond acceptors (Lipinski definition) is 2. The highest BCUT2D eigenvalue weighted by Gasteiger charge is 2.10. The molecule has 0 fully saturated rings. The molecule has 0 aliphatic heterocycles. The van der Waals surface area contributed by atoms with E-state index in [1.165, 1.54) is 5.56 Å². The van der Waals surface area contributed by atoms with Gasteiger partial charge in [0.05, 0.1) is 19.0 Å². The monoisotopic (exact) mass is 230 g/mol. The van der Waals surface area contributed by atoms with Crippen LogP contribution in [0.15, 0.2) is 24.4 Å². The standard InChI is InChI=1S/C14H18N2O/c1-9(2)11-5-6-12(14(7-11)17-4)13-8-15-10(3)16-13/h5-9H,1-4H3,(H,15,16). The second-order valence-corrected chi connectivity index (χ2v) is 4.50. The number of imidazole rings is 1. The first-order valence-corrected chi connectivity index (χ1v) is 5.81. The molecular formula is C14H18N2O. The number of methoxy groups -OCH3 is 1. The summed E-state index contributed by atoms with van der Waals surface area (Å²) in [7, 11) is 1.70. The van der Waals surface area contributed by atoms with Crippen LogP contribution in [0, 0.1) is 6.92 Å². The summed E-state index contributed by atoms with van der Waals surface area (Å²) < 4.78 is 5.45. The molecule has 0 radical (unpaired) electrons. The Hall–Kier alpha value is -1.77. The molecule has 1 aromatic carbocycles. The summed E-state index contributed by atoms with van der Waals surface area (Å²) in [5.74, 6) is 2.30. The van der Waals surface area contributed by atoms with Crippen molar-refractivity contribution in [1.82, 2.24) is 9.97 Å². The van der Waals surface area contributed by atoms with Crippen molar-refractivity contribution < 1.29 is 4.74 Å². The van der Waals surface area contributed by atoms with Crippen LogP contribution in [0.2, 0.25) is 0 Å². The average Bonchev–Trinajstić information content (AvgIpc) is 2.74. The third-order valence-corrected chi connectivity index (χ3v) is 2.89. The maximum atomic E-state index is 5.45. The Kier molecular flexibility index (Phi) is 3.18. The van der Waals surface area contributed by atoms with Gasteiger partial charge in [-0.2, -0.15) is 0 Å². The molecule has 90 valence electrons. The number of aryl methyl sites for hydroxylation is 1. The van der Waals surface area contributed by atoms with E-state index in [0.717, 1.165) is 22.8 Å². The van der Waals surface area contributed by atoms with E-state index < -0.39 is 0 Å². The lowest BCUT2D eigenvalue weighted by Gasteiger charge is -2.11. The van der Waals surface area contributed by atoms with Gasteiger partial charge in [0, 0.05) is 5.56 Å². The van der Waals surface area contributed by atoms with Crippen molar-refractivity contribution in [2.75, 3.05) is 7.11 Å². The quantitative estimate of drug-likeness (QED) is 0.876. The van der Waals surface area contributed by atoms with Gasteiger partial charge in [0.15, 0.2) is 0 Å². The van der Waals surface area contributed by atoms with Gasteiger partial charge in [-0.1, -0.05) is 19.9 Å². The van der Waals surface area contributed by atoms with Crippen LogP contribution < -0.4 is 4.74 Å². The van der Waals surface area contributed by atoms with Crippen molar-refractivity contribution in [3.63, 3.8) is 0 Å². The summed E-state index contributed by atoms with van der Waals surface area (Å²) >= 11 is 0. The van der Waals surface area contributed by atoms with Gasteiger partial charge in [-0.25, -0.2) is 4.98 Å². The molecule has 0 saturated heterocycles. The highest BCUT2D eigenvalue weighted by molar-refractivity contribution is 5.67. The van der Waals surface area contributed by atoms with Crippen LogP contribution >= 0.6 is 0 Å². The molecule has 3 heteroatoms. The molecule has 1 heterocycles. The first-order chi connectivity index (χ1) is 8.11. The Balaban J connectivity index is 2.48. The van der Waals surface area contributed by atoms with E-state index in [0.29, 0.717) is 5.92 Å². The van der Waals surface area contributed by atoms with Crippen molar-refractivity contribution in [2.45, 2.75) is 26.7 Å². The molecular weight excluding hydrogens is 212 g/mol. The number of hydrogen-bond donors (Lipinski definition) is 1. The van der Waals surface area contributed by atoms with E-state index in [2.05, 4.69) is 42.0 Å². The molecule has 1 aromatic heterocycles. The molecule has 0 bridgehead atoms. The number of H-pyrrole nitrogens is 1. The van der Waals surface area contributed by atoms with E-state index in [4.69, 9.17) is 4.74 Å². The molecule has 0 saturated carbocycles. The molecule has 3 nitrogen and oxygen atoms in total.